The van der Waals surface area contributed by atoms with E-state index < -0.39 is 0 Å². The van der Waals surface area contributed by atoms with E-state index in [9.17, 15) is 9.59 Å². The van der Waals surface area contributed by atoms with Gasteiger partial charge in [-0.2, -0.15) is 0 Å². The number of aldehydes is 1. The molecule has 1 amide bonds. The molecule has 8 nitrogen and oxygen atoms in total. The molecule has 8 heteroatoms. The summed E-state index contributed by atoms with van der Waals surface area (Å²) in [7, 11) is 1.58. The van der Waals surface area contributed by atoms with Crippen molar-refractivity contribution in [3.63, 3.8) is 0 Å². The highest BCUT2D eigenvalue weighted by molar-refractivity contribution is 5.82. The lowest BCUT2D eigenvalue weighted by Crippen LogP contribution is -2.34. The van der Waals surface area contributed by atoms with Crippen LogP contribution in [0.25, 0.3) is 5.70 Å². The first-order valence-corrected chi connectivity index (χ1v) is 9.02. The van der Waals surface area contributed by atoms with E-state index in [1.807, 2.05) is 24.3 Å². The Morgan fingerprint density at radius 1 is 1.15 bits per heavy atom. The Kier molecular flexibility index (Phi) is 7.54. The summed E-state index contributed by atoms with van der Waals surface area (Å²) in [6.07, 6.45) is 5.75. The van der Waals surface area contributed by atoms with Gasteiger partial charge in [0, 0.05) is 32.0 Å². The van der Waals surface area contributed by atoms with Gasteiger partial charge in [0.05, 0.1) is 12.2 Å². The van der Waals surface area contributed by atoms with Gasteiger partial charge in [0.25, 0.3) is 0 Å². The van der Waals surface area contributed by atoms with Crippen LogP contribution in [0, 0.1) is 0 Å². The second kappa shape index (κ2) is 10.1. The van der Waals surface area contributed by atoms with Crippen LogP contribution in [0.1, 0.15) is 24.8 Å². The highest BCUT2D eigenvalue weighted by Gasteiger charge is 2.11. The number of allylic oxidation sites excluding steroid dienone is 1. The van der Waals surface area contributed by atoms with E-state index in [1.54, 1.807) is 7.05 Å². The largest absolute Gasteiger partial charge is 0.397 e. The molecule has 1 aromatic carbocycles. The number of benzene rings is 1. The number of piperidine rings is 1. The van der Waals surface area contributed by atoms with Crippen molar-refractivity contribution in [3.05, 3.63) is 47.5 Å². The van der Waals surface area contributed by atoms with E-state index in [0.29, 0.717) is 12.0 Å². The van der Waals surface area contributed by atoms with Gasteiger partial charge in [-0.3, -0.25) is 9.59 Å². The SMILES string of the molecule is CN/C(N)=C(\C=O)NCC(=O)N/C=C(\N)c1ccc(N2CCCCC2)cc1. The monoisotopic (exact) mass is 372 g/mol. The number of carbonyl (C=O) groups excluding carboxylic acids is 2. The molecule has 1 aliphatic rings. The average molecular weight is 372 g/mol. The van der Waals surface area contributed by atoms with Crippen molar-refractivity contribution in [2.75, 3.05) is 31.6 Å². The van der Waals surface area contributed by atoms with Crippen LogP contribution in [0.5, 0.6) is 0 Å². The highest BCUT2D eigenvalue weighted by atomic mass is 16.2. The van der Waals surface area contributed by atoms with Crippen LogP contribution in [0.2, 0.25) is 0 Å². The van der Waals surface area contributed by atoms with E-state index >= 15 is 0 Å². The molecule has 0 spiro atoms. The van der Waals surface area contributed by atoms with Crippen molar-refractivity contribution in [2.24, 2.45) is 11.5 Å². The highest BCUT2D eigenvalue weighted by Crippen LogP contribution is 2.21. The lowest BCUT2D eigenvalue weighted by atomic mass is 10.1. The van der Waals surface area contributed by atoms with Gasteiger partial charge in [-0.05, 0) is 37.0 Å². The van der Waals surface area contributed by atoms with Crippen LogP contribution < -0.4 is 32.3 Å². The number of hydrogen-bond donors (Lipinski definition) is 5. The summed E-state index contributed by atoms with van der Waals surface area (Å²) in [5.74, 6) is -0.173. The molecule has 1 fully saturated rings. The van der Waals surface area contributed by atoms with Gasteiger partial charge in [-0.15, -0.1) is 0 Å². The predicted octanol–water partition coefficient (Wildman–Crippen LogP) is 0.186. The summed E-state index contributed by atoms with van der Waals surface area (Å²) in [6, 6.07) is 7.99. The number of nitrogens with two attached hydrogens (primary N) is 2. The molecule has 0 radical (unpaired) electrons. The Morgan fingerprint density at radius 2 is 1.81 bits per heavy atom. The van der Waals surface area contributed by atoms with Gasteiger partial charge in [0.15, 0.2) is 6.29 Å². The molecule has 1 saturated heterocycles. The summed E-state index contributed by atoms with van der Waals surface area (Å²) >= 11 is 0. The number of anilines is 1. The number of nitrogens with one attached hydrogen (secondary N) is 3. The number of nitrogens with zero attached hydrogens (tertiary/aromatic N) is 1. The van der Waals surface area contributed by atoms with Gasteiger partial charge in [-0.1, -0.05) is 12.1 Å². The second-order valence-electron chi connectivity index (χ2n) is 6.31. The topological polar surface area (TPSA) is 126 Å². The van der Waals surface area contributed by atoms with Crippen molar-refractivity contribution < 1.29 is 9.59 Å². The molecule has 0 aromatic heterocycles. The summed E-state index contributed by atoms with van der Waals surface area (Å²) in [5, 5.41) is 7.90. The molecule has 1 aromatic rings. The molecule has 1 aliphatic heterocycles. The van der Waals surface area contributed by atoms with Gasteiger partial charge in [-0.25, -0.2) is 0 Å². The van der Waals surface area contributed by atoms with Crippen LogP contribution in [0.15, 0.2) is 42.0 Å². The molecule has 2 rings (SSSR count). The first-order valence-electron chi connectivity index (χ1n) is 9.02. The first kappa shape index (κ1) is 20.2. The third-order valence-corrected chi connectivity index (χ3v) is 4.43. The van der Waals surface area contributed by atoms with Gasteiger partial charge in [0.1, 0.15) is 11.5 Å². The third kappa shape index (κ3) is 5.95. The minimum Gasteiger partial charge on any atom is -0.397 e. The van der Waals surface area contributed by atoms with E-state index in [-0.39, 0.29) is 24.0 Å². The van der Waals surface area contributed by atoms with Crippen LogP contribution >= 0.6 is 0 Å². The predicted molar refractivity (Wildman–Crippen MR) is 107 cm³/mol. The molecule has 7 N–H and O–H groups in total. The second-order valence-corrected chi connectivity index (χ2v) is 6.31. The van der Waals surface area contributed by atoms with Crippen molar-refractivity contribution in [3.8, 4) is 0 Å². The smallest absolute Gasteiger partial charge is 0.243 e. The molecule has 0 bridgehead atoms. The molecule has 0 saturated carbocycles. The van der Waals surface area contributed by atoms with Crippen molar-refractivity contribution >= 4 is 23.6 Å². The summed E-state index contributed by atoms with van der Waals surface area (Å²) in [6.45, 7) is 2.07. The first-order chi connectivity index (χ1) is 13.0. The molecular weight excluding hydrogens is 344 g/mol. The quantitative estimate of drug-likeness (QED) is 0.326. The minimum atomic E-state index is -0.342. The number of carbonyl (C=O) groups is 2. The fraction of sp³-hybridized carbons (Fsp3) is 0.368. The van der Waals surface area contributed by atoms with Crippen LogP contribution in [0.3, 0.4) is 0 Å². The Bertz CT molecular complexity index is 705. The standard InChI is InChI=1S/C19H28N6O2/c1-22-19(21)17(13-26)23-12-18(27)24-11-16(20)14-5-7-15(8-6-14)25-9-3-2-4-10-25/h5-8,11,13,22-23H,2-4,9-10,12,20-21H2,1H3,(H,24,27)/b16-11-,19-17+. The van der Waals surface area contributed by atoms with Gasteiger partial charge >= 0.3 is 0 Å². The maximum Gasteiger partial charge on any atom is 0.243 e. The third-order valence-electron chi connectivity index (χ3n) is 4.43. The zero-order chi connectivity index (χ0) is 19.6. The zero-order valence-electron chi connectivity index (χ0n) is 15.6. The summed E-state index contributed by atoms with van der Waals surface area (Å²) < 4.78 is 0. The molecule has 0 atom stereocenters. The van der Waals surface area contributed by atoms with Crippen molar-refractivity contribution in [1.29, 1.82) is 0 Å². The molecule has 0 aliphatic carbocycles. The fourth-order valence-electron chi connectivity index (χ4n) is 2.82. The van der Waals surface area contributed by atoms with E-state index in [4.69, 9.17) is 11.5 Å². The molecule has 27 heavy (non-hydrogen) atoms. The maximum atomic E-state index is 11.9. The zero-order valence-corrected chi connectivity index (χ0v) is 15.6. The van der Waals surface area contributed by atoms with E-state index in [1.165, 1.54) is 31.1 Å². The molecule has 0 unspecified atom stereocenters. The normalized spacial score (nSPS) is 15.6. The fourth-order valence-corrected chi connectivity index (χ4v) is 2.82. The Hall–Kier alpha value is -3.16. The maximum absolute atomic E-state index is 11.9. The molecule has 1 heterocycles. The van der Waals surface area contributed by atoms with Crippen LogP contribution in [-0.4, -0.2) is 38.9 Å². The van der Waals surface area contributed by atoms with Crippen molar-refractivity contribution in [2.45, 2.75) is 19.3 Å². The Morgan fingerprint density at radius 3 is 2.41 bits per heavy atom. The minimum absolute atomic E-state index is 0.103. The van der Waals surface area contributed by atoms with E-state index in [0.717, 1.165) is 18.7 Å². The number of amides is 1. The lowest BCUT2D eigenvalue weighted by molar-refractivity contribution is -0.119. The Labute approximate surface area is 159 Å². The molecular formula is C19H28N6O2. The summed E-state index contributed by atoms with van der Waals surface area (Å²) in [5.41, 5.74) is 14.2. The average Bonchev–Trinajstić information content (AvgIpc) is 2.72. The van der Waals surface area contributed by atoms with Crippen molar-refractivity contribution in [1.82, 2.24) is 16.0 Å². The van der Waals surface area contributed by atoms with Gasteiger partial charge < -0.3 is 32.3 Å². The van der Waals surface area contributed by atoms with Crippen LogP contribution in [0.4, 0.5) is 5.69 Å². The number of rotatable bonds is 8. The summed E-state index contributed by atoms with van der Waals surface area (Å²) in [4.78, 5) is 25.2. The van der Waals surface area contributed by atoms with Crippen LogP contribution in [-0.2, 0) is 9.59 Å². The molecule has 146 valence electrons. The Balaban J connectivity index is 1.89. The number of hydrogen-bond acceptors (Lipinski definition) is 7. The van der Waals surface area contributed by atoms with E-state index in [2.05, 4.69) is 20.9 Å². The van der Waals surface area contributed by atoms with Gasteiger partial charge in [0.2, 0.25) is 5.91 Å². The lowest BCUT2D eigenvalue weighted by Gasteiger charge is -2.28.